The molecule has 0 saturated carbocycles. The minimum absolute atomic E-state index is 0.0163. The van der Waals surface area contributed by atoms with Crippen molar-refractivity contribution in [2.45, 2.75) is 17.4 Å². The molecular weight excluding hydrogens is 352 g/mol. The fraction of sp³-hybridized carbons (Fsp3) is 0.105. The third kappa shape index (κ3) is 4.01. The molecule has 3 rings (SSSR count). The number of aliphatic carboxylic acids is 1. The first kappa shape index (κ1) is 17.9. The fourth-order valence-electron chi connectivity index (χ4n) is 2.66. The molecule has 4 N–H and O–H groups in total. The molecule has 0 heterocycles. The van der Waals surface area contributed by atoms with E-state index >= 15 is 0 Å². The van der Waals surface area contributed by atoms with E-state index < -0.39 is 22.0 Å². The van der Waals surface area contributed by atoms with Crippen molar-refractivity contribution in [3.8, 4) is 0 Å². The van der Waals surface area contributed by atoms with Crippen LogP contribution in [0.4, 0.5) is 5.69 Å². The molecule has 0 aliphatic carbocycles. The average Bonchev–Trinajstić information content (AvgIpc) is 2.62. The number of hydrogen-bond acceptors (Lipinski definition) is 4. The second-order valence-corrected chi connectivity index (χ2v) is 7.68. The maximum Gasteiger partial charge on any atom is 0.322 e. The van der Waals surface area contributed by atoms with E-state index in [0.29, 0.717) is 11.3 Å². The van der Waals surface area contributed by atoms with Crippen LogP contribution < -0.4 is 10.5 Å². The molecule has 0 aromatic heterocycles. The summed E-state index contributed by atoms with van der Waals surface area (Å²) in [6.45, 7) is 0. The molecule has 0 bridgehead atoms. The number of carboxylic acid groups (broad SMARTS) is 1. The van der Waals surface area contributed by atoms with Crippen LogP contribution in [0, 0.1) is 0 Å². The Labute approximate surface area is 151 Å². The number of carbonyl (C=O) groups is 1. The van der Waals surface area contributed by atoms with E-state index in [1.165, 1.54) is 12.1 Å². The van der Waals surface area contributed by atoms with E-state index in [4.69, 9.17) is 5.73 Å². The standard InChI is InChI=1S/C19H18N2O4S/c20-16-8-5-13(6-9-16)11-18(19(22)23)21-26(24,25)17-10-7-14-3-1-2-4-15(14)12-17/h1-10,12,18,21H,11,20H2,(H,22,23)/t18-/m1/s1. The van der Waals surface area contributed by atoms with E-state index in [1.807, 2.05) is 18.2 Å². The van der Waals surface area contributed by atoms with Crippen LogP contribution >= 0.6 is 0 Å². The van der Waals surface area contributed by atoms with Gasteiger partial charge in [-0.15, -0.1) is 0 Å². The quantitative estimate of drug-likeness (QED) is 0.577. The van der Waals surface area contributed by atoms with Crippen LogP contribution in [-0.4, -0.2) is 25.5 Å². The Kier molecular flexibility index (Phi) is 4.92. The average molecular weight is 370 g/mol. The SMILES string of the molecule is Nc1ccc(C[C@@H](NS(=O)(=O)c2ccc3ccccc3c2)C(=O)O)cc1. The number of nitrogen functional groups attached to an aromatic ring is 1. The van der Waals surface area contributed by atoms with Crippen molar-refractivity contribution in [2.75, 3.05) is 5.73 Å². The van der Waals surface area contributed by atoms with Crippen LogP contribution in [0.25, 0.3) is 10.8 Å². The summed E-state index contributed by atoms with van der Waals surface area (Å²) in [5.74, 6) is -1.24. The van der Waals surface area contributed by atoms with Gasteiger partial charge in [0.25, 0.3) is 0 Å². The van der Waals surface area contributed by atoms with Crippen molar-refractivity contribution >= 4 is 32.5 Å². The van der Waals surface area contributed by atoms with Gasteiger partial charge in [-0.2, -0.15) is 4.72 Å². The number of hydrogen-bond donors (Lipinski definition) is 3. The maximum absolute atomic E-state index is 12.6. The molecule has 0 radical (unpaired) electrons. The summed E-state index contributed by atoms with van der Waals surface area (Å²) in [5, 5.41) is 11.1. The summed E-state index contributed by atoms with van der Waals surface area (Å²) in [6.07, 6.45) is 0.0163. The van der Waals surface area contributed by atoms with Gasteiger partial charge in [0.2, 0.25) is 10.0 Å². The molecule has 7 heteroatoms. The van der Waals surface area contributed by atoms with Gasteiger partial charge in [-0.1, -0.05) is 42.5 Å². The Bertz CT molecular complexity index is 1050. The number of benzene rings is 3. The first-order chi connectivity index (χ1) is 12.3. The minimum Gasteiger partial charge on any atom is -0.480 e. The van der Waals surface area contributed by atoms with Gasteiger partial charge >= 0.3 is 5.97 Å². The number of sulfonamides is 1. The van der Waals surface area contributed by atoms with Crippen LogP contribution in [0.15, 0.2) is 71.6 Å². The normalized spacial score (nSPS) is 12.8. The van der Waals surface area contributed by atoms with E-state index in [2.05, 4.69) is 4.72 Å². The fourth-order valence-corrected chi connectivity index (χ4v) is 3.88. The number of rotatable bonds is 6. The van der Waals surface area contributed by atoms with Gasteiger partial charge in [-0.3, -0.25) is 4.79 Å². The zero-order valence-corrected chi connectivity index (χ0v) is 14.6. The van der Waals surface area contributed by atoms with Crippen molar-refractivity contribution in [1.82, 2.24) is 4.72 Å². The Morgan fingerprint density at radius 1 is 1.00 bits per heavy atom. The molecule has 0 saturated heterocycles. The molecule has 0 spiro atoms. The second-order valence-electron chi connectivity index (χ2n) is 5.97. The van der Waals surface area contributed by atoms with E-state index in [0.717, 1.165) is 10.8 Å². The Morgan fingerprint density at radius 3 is 2.31 bits per heavy atom. The molecular formula is C19H18N2O4S. The lowest BCUT2D eigenvalue weighted by Gasteiger charge is -2.15. The molecule has 0 unspecified atom stereocenters. The van der Waals surface area contributed by atoms with Crippen molar-refractivity contribution in [3.05, 3.63) is 72.3 Å². The van der Waals surface area contributed by atoms with Crippen LogP contribution in [0.1, 0.15) is 5.56 Å². The Balaban J connectivity index is 1.86. The van der Waals surface area contributed by atoms with Crippen LogP contribution in [0.3, 0.4) is 0 Å². The van der Waals surface area contributed by atoms with E-state index in [9.17, 15) is 18.3 Å². The van der Waals surface area contributed by atoms with Crippen LogP contribution in [0.5, 0.6) is 0 Å². The largest absolute Gasteiger partial charge is 0.480 e. The second kappa shape index (κ2) is 7.15. The minimum atomic E-state index is -3.98. The first-order valence-corrected chi connectivity index (χ1v) is 9.42. The summed E-state index contributed by atoms with van der Waals surface area (Å²) < 4.78 is 27.6. The Hall–Kier alpha value is -2.90. The third-order valence-corrected chi connectivity index (χ3v) is 5.52. The summed E-state index contributed by atoms with van der Waals surface area (Å²) in [7, 11) is -3.98. The highest BCUT2D eigenvalue weighted by Gasteiger charge is 2.25. The first-order valence-electron chi connectivity index (χ1n) is 7.93. The van der Waals surface area contributed by atoms with Gasteiger partial charge in [0.15, 0.2) is 0 Å². The number of carboxylic acids is 1. The lowest BCUT2D eigenvalue weighted by Crippen LogP contribution is -2.42. The molecule has 0 fully saturated rings. The molecule has 26 heavy (non-hydrogen) atoms. The summed E-state index contributed by atoms with van der Waals surface area (Å²) >= 11 is 0. The molecule has 0 aliphatic rings. The van der Waals surface area contributed by atoms with Crippen molar-refractivity contribution in [1.29, 1.82) is 0 Å². The van der Waals surface area contributed by atoms with Gasteiger partial charge in [0.05, 0.1) is 4.90 Å². The molecule has 0 amide bonds. The summed E-state index contributed by atoms with van der Waals surface area (Å²) in [6, 6.07) is 17.4. The van der Waals surface area contributed by atoms with E-state index in [-0.39, 0.29) is 11.3 Å². The van der Waals surface area contributed by atoms with Crippen molar-refractivity contribution in [3.63, 3.8) is 0 Å². The molecule has 3 aromatic rings. The van der Waals surface area contributed by atoms with Gasteiger partial charge in [0, 0.05) is 5.69 Å². The topological polar surface area (TPSA) is 109 Å². The predicted octanol–water partition coefficient (Wildman–Crippen LogP) is 2.40. The highest BCUT2D eigenvalue weighted by molar-refractivity contribution is 7.89. The monoisotopic (exact) mass is 370 g/mol. The third-order valence-electron chi connectivity index (χ3n) is 4.05. The van der Waals surface area contributed by atoms with Crippen molar-refractivity contribution < 1.29 is 18.3 Å². The molecule has 134 valence electrons. The molecule has 6 nitrogen and oxygen atoms in total. The molecule has 3 aromatic carbocycles. The highest BCUT2D eigenvalue weighted by atomic mass is 32.2. The van der Waals surface area contributed by atoms with Crippen molar-refractivity contribution in [2.24, 2.45) is 0 Å². The van der Waals surface area contributed by atoms with Gasteiger partial charge in [-0.25, -0.2) is 8.42 Å². The van der Waals surface area contributed by atoms with Gasteiger partial charge in [0.1, 0.15) is 6.04 Å². The molecule has 1 atom stereocenters. The molecule has 0 aliphatic heterocycles. The number of nitrogens with one attached hydrogen (secondary N) is 1. The van der Waals surface area contributed by atoms with E-state index in [1.54, 1.807) is 36.4 Å². The van der Waals surface area contributed by atoms with Gasteiger partial charge < -0.3 is 10.8 Å². The van der Waals surface area contributed by atoms with Crippen LogP contribution in [-0.2, 0) is 21.2 Å². The summed E-state index contributed by atoms with van der Waals surface area (Å²) in [4.78, 5) is 11.6. The lowest BCUT2D eigenvalue weighted by molar-refractivity contribution is -0.138. The highest BCUT2D eigenvalue weighted by Crippen LogP contribution is 2.19. The smallest absolute Gasteiger partial charge is 0.322 e. The van der Waals surface area contributed by atoms with Crippen LogP contribution in [0.2, 0.25) is 0 Å². The number of anilines is 1. The predicted molar refractivity (Wildman–Crippen MR) is 100 cm³/mol. The maximum atomic E-state index is 12.6. The zero-order chi connectivity index (χ0) is 18.7. The zero-order valence-electron chi connectivity index (χ0n) is 13.8. The number of fused-ring (bicyclic) bond motifs is 1. The number of nitrogens with two attached hydrogens (primary N) is 1. The Morgan fingerprint density at radius 2 is 1.65 bits per heavy atom. The lowest BCUT2D eigenvalue weighted by atomic mass is 10.1. The summed E-state index contributed by atoms with van der Waals surface area (Å²) in [5.41, 5.74) is 6.84. The van der Waals surface area contributed by atoms with Gasteiger partial charge in [-0.05, 0) is 47.0 Å².